The molecule has 1 N–H and O–H groups in total. The number of aliphatic carboxylic acids is 1. The number of fused-ring (bicyclic) bond motifs is 1. The number of carboxylic acid groups (broad SMARTS) is 1. The molecule has 1 heterocycles. The second-order valence-corrected chi connectivity index (χ2v) is 6.85. The second-order valence-electron chi connectivity index (χ2n) is 6.20. The normalized spacial score (nSPS) is 36.0. The monoisotopic (exact) mass is 361 g/mol. The van der Waals surface area contributed by atoms with Crippen molar-refractivity contribution in [2.24, 2.45) is 17.8 Å². The minimum atomic E-state index is -0.918. The Morgan fingerprint density at radius 1 is 1.33 bits per heavy atom. The van der Waals surface area contributed by atoms with Gasteiger partial charge in [-0.3, -0.25) is 4.90 Å². The first kappa shape index (κ1) is 16.6. The third kappa shape index (κ3) is 3.20. The van der Waals surface area contributed by atoms with Crippen LogP contribution in [0.3, 0.4) is 0 Å². The second kappa shape index (κ2) is 6.99. The lowest BCUT2D eigenvalue weighted by atomic mass is 9.66. The van der Waals surface area contributed by atoms with Gasteiger partial charge in [-0.1, -0.05) is 22.9 Å². The number of halogens is 1. The van der Waals surface area contributed by atoms with Gasteiger partial charge in [0, 0.05) is 11.4 Å². The van der Waals surface area contributed by atoms with Crippen molar-refractivity contribution in [1.29, 1.82) is 0 Å². The van der Waals surface area contributed by atoms with Crippen molar-refractivity contribution in [2.75, 3.05) is 12.4 Å². The molecule has 21 heavy (non-hydrogen) atoms. The number of alkyl halides is 1. The Hall–Kier alpha value is -0.780. The molecule has 2 rings (SSSR count). The molecule has 1 aliphatic carbocycles. The highest BCUT2D eigenvalue weighted by molar-refractivity contribution is 9.09. The highest BCUT2D eigenvalue weighted by Crippen LogP contribution is 2.45. The lowest BCUT2D eigenvalue weighted by Crippen LogP contribution is -2.60. The SMILES string of the molecule is CCC1C2CCC(CBr)CC2CC(C(=O)O)N1C(=O)OC. The number of carbonyl (C=O) groups is 2. The molecule has 2 aliphatic rings. The number of amides is 1. The number of nitrogens with zero attached hydrogens (tertiary/aromatic N) is 1. The average Bonchev–Trinajstić information content (AvgIpc) is 2.51. The maximum atomic E-state index is 12.1. The first-order chi connectivity index (χ1) is 10.0. The Labute approximate surface area is 134 Å². The van der Waals surface area contributed by atoms with Crippen LogP contribution in [-0.4, -0.2) is 46.6 Å². The average molecular weight is 362 g/mol. The van der Waals surface area contributed by atoms with E-state index in [1.165, 1.54) is 12.0 Å². The van der Waals surface area contributed by atoms with Gasteiger partial charge in [0.05, 0.1) is 7.11 Å². The van der Waals surface area contributed by atoms with E-state index in [0.717, 1.165) is 31.0 Å². The van der Waals surface area contributed by atoms with E-state index >= 15 is 0 Å². The number of piperidine rings is 1. The van der Waals surface area contributed by atoms with Crippen LogP contribution in [0, 0.1) is 17.8 Å². The molecule has 1 aliphatic heterocycles. The van der Waals surface area contributed by atoms with Crippen LogP contribution < -0.4 is 0 Å². The number of hydrogen-bond acceptors (Lipinski definition) is 3. The van der Waals surface area contributed by atoms with Gasteiger partial charge in [-0.05, 0) is 49.9 Å². The molecule has 0 bridgehead atoms. The van der Waals surface area contributed by atoms with E-state index in [0.29, 0.717) is 24.2 Å². The summed E-state index contributed by atoms with van der Waals surface area (Å²) in [7, 11) is 1.32. The number of ether oxygens (including phenoxy) is 1. The first-order valence-electron chi connectivity index (χ1n) is 7.68. The van der Waals surface area contributed by atoms with Crippen molar-refractivity contribution in [1.82, 2.24) is 4.90 Å². The molecule has 2 fully saturated rings. The predicted octanol–water partition coefficient (Wildman–Crippen LogP) is 3.12. The van der Waals surface area contributed by atoms with E-state index < -0.39 is 18.1 Å². The molecule has 120 valence electrons. The zero-order chi connectivity index (χ0) is 15.6. The molecule has 5 nitrogen and oxygen atoms in total. The van der Waals surface area contributed by atoms with Crippen LogP contribution >= 0.6 is 15.9 Å². The highest BCUT2D eigenvalue weighted by Gasteiger charge is 2.49. The summed E-state index contributed by atoms with van der Waals surface area (Å²) >= 11 is 3.55. The summed E-state index contributed by atoms with van der Waals surface area (Å²) in [5.41, 5.74) is 0. The Balaban J connectivity index is 2.26. The van der Waals surface area contributed by atoms with Crippen LogP contribution in [0.1, 0.15) is 39.0 Å². The fourth-order valence-corrected chi connectivity index (χ4v) is 4.82. The predicted molar refractivity (Wildman–Crippen MR) is 82.5 cm³/mol. The minimum absolute atomic E-state index is 0.0198. The smallest absolute Gasteiger partial charge is 0.410 e. The van der Waals surface area contributed by atoms with E-state index in [4.69, 9.17) is 4.74 Å². The lowest BCUT2D eigenvalue weighted by molar-refractivity contribution is -0.148. The minimum Gasteiger partial charge on any atom is -0.480 e. The van der Waals surface area contributed by atoms with Gasteiger partial charge in [0.15, 0.2) is 0 Å². The van der Waals surface area contributed by atoms with Crippen LogP contribution in [0.15, 0.2) is 0 Å². The molecule has 0 aromatic rings. The van der Waals surface area contributed by atoms with E-state index in [9.17, 15) is 14.7 Å². The molecule has 0 aromatic carbocycles. The quantitative estimate of drug-likeness (QED) is 0.784. The van der Waals surface area contributed by atoms with Crippen molar-refractivity contribution in [3.05, 3.63) is 0 Å². The van der Waals surface area contributed by atoms with Crippen LogP contribution in [0.4, 0.5) is 4.79 Å². The Bertz CT molecular complexity index is 403. The topological polar surface area (TPSA) is 66.8 Å². The van der Waals surface area contributed by atoms with Crippen molar-refractivity contribution in [3.8, 4) is 0 Å². The summed E-state index contributed by atoms with van der Waals surface area (Å²) in [5.74, 6) is 0.509. The molecule has 0 spiro atoms. The van der Waals surface area contributed by atoms with Crippen molar-refractivity contribution < 1.29 is 19.4 Å². The van der Waals surface area contributed by atoms with Crippen molar-refractivity contribution in [3.63, 3.8) is 0 Å². The summed E-state index contributed by atoms with van der Waals surface area (Å²) in [6, 6.07) is -0.772. The van der Waals surface area contributed by atoms with Gasteiger partial charge in [-0.2, -0.15) is 0 Å². The van der Waals surface area contributed by atoms with Crippen LogP contribution in [0.2, 0.25) is 0 Å². The lowest BCUT2D eigenvalue weighted by Gasteiger charge is -2.50. The van der Waals surface area contributed by atoms with E-state index in [1.54, 1.807) is 0 Å². The molecule has 1 amide bonds. The molecule has 0 aromatic heterocycles. The number of methoxy groups -OCH3 is 1. The van der Waals surface area contributed by atoms with E-state index in [2.05, 4.69) is 15.9 Å². The number of hydrogen-bond donors (Lipinski definition) is 1. The zero-order valence-electron chi connectivity index (χ0n) is 12.6. The maximum absolute atomic E-state index is 12.1. The summed E-state index contributed by atoms with van der Waals surface area (Å²) in [4.78, 5) is 25.2. The van der Waals surface area contributed by atoms with E-state index in [1.807, 2.05) is 6.92 Å². The number of likely N-dealkylation sites (tertiary alicyclic amines) is 1. The van der Waals surface area contributed by atoms with Gasteiger partial charge < -0.3 is 9.84 Å². The molecule has 5 atom stereocenters. The molecule has 0 radical (unpaired) electrons. The van der Waals surface area contributed by atoms with Gasteiger partial charge in [-0.15, -0.1) is 0 Å². The molecule has 5 unspecified atom stereocenters. The maximum Gasteiger partial charge on any atom is 0.410 e. The third-order valence-corrected chi connectivity index (χ3v) is 6.09. The van der Waals surface area contributed by atoms with Crippen LogP contribution in [0.5, 0.6) is 0 Å². The standard InChI is InChI=1S/C15H24BrNO4/c1-3-12-11-5-4-9(8-16)6-10(11)7-13(14(18)19)17(12)15(20)21-2/h9-13H,3-8H2,1-2H3,(H,18,19). The zero-order valence-corrected chi connectivity index (χ0v) is 14.2. The fourth-order valence-electron chi connectivity index (χ4n) is 4.23. The number of carbonyl (C=O) groups excluding carboxylic acids is 1. The molecule has 1 saturated heterocycles. The van der Waals surface area contributed by atoms with Gasteiger partial charge >= 0.3 is 12.1 Å². The van der Waals surface area contributed by atoms with Crippen molar-refractivity contribution >= 4 is 28.0 Å². The molecule has 1 saturated carbocycles. The van der Waals surface area contributed by atoms with Gasteiger partial charge in [0.2, 0.25) is 0 Å². The van der Waals surface area contributed by atoms with Gasteiger partial charge in [0.1, 0.15) is 6.04 Å². The summed E-state index contributed by atoms with van der Waals surface area (Å²) in [5, 5.41) is 10.5. The third-order valence-electron chi connectivity index (χ3n) is 5.17. The highest BCUT2D eigenvalue weighted by atomic mass is 79.9. The molecular weight excluding hydrogens is 338 g/mol. The number of rotatable bonds is 3. The largest absolute Gasteiger partial charge is 0.480 e. The first-order valence-corrected chi connectivity index (χ1v) is 8.80. The van der Waals surface area contributed by atoms with Crippen molar-refractivity contribution in [2.45, 2.75) is 51.1 Å². The Morgan fingerprint density at radius 2 is 2.05 bits per heavy atom. The number of carboxylic acids is 1. The van der Waals surface area contributed by atoms with E-state index in [-0.39, 0.29) is 6.04 Å². The van der Waals surface area contributed by atoms with Crippen LogP contribution in [-0.2, 0) is 9.53 Å². The summed E-state index contributed by atoms with van der Waals surface area (Å²) in [6.07, 6.45) is 4.10. The Kier molecular flexibility index (Phi) is 5.52. The molecule has 6 heteroatoms. The summed E-state index contributed by atoms with van der Waals surface area (Å²) < 4.78 is 4.84. The van der Waals surface area contributed by atoms with Gasteiger partial charge in [-0.25, -0.2) is 9.59 Å². The Morgan fingerprint density at radius 3 is 2.57 bits per heavy atom. The van der Waals surface area contributed by atoms with Crippen LogP contribution in [0.25, 0.3) is 0 Å². The fraction of sp³-hybridized carbons (Fsp3) is 0.867. The summed E-state index contributed by atoms with van der Waals surface area (Å²) in [6.45, 7) is 2.03. The molecular formula is C15H24BrNO4. The van der Waals surface area contributed by atoms with Gasteiger partial charge in [0.25, 0.3) is 0 Å².